The van der Waals surface area contributed by atoms with E-state index >= 15 is 0 Å². The van der Waals surface area contributed by atoms with Gasteiger partial charge in [-0.2, -0.15) is 0 Å². The van der Waals surface area contributed by atoms with Crippen LogP contribution in [-0.4, -0.2) is 43.2 Å². The van der Waals surface area contributed by atoms with E-state index in [1.807, 2.05) is 17.9 Å². The molecule has 96 valence electrons. The maximum absolute atomic E-state index is 11.7. The van der Waals surface area contributed by atoms with Gasteiger partial charge < -0.3 is 14.7 Å². The summed E-state index contributed by atoms with van der Waals surface area (Å²) in [6.45, 7) is 4.36. The fraction of sp³-hybridized carbons (Fsp3) is 0.385. The minimum atomic E-state index is -1.42. The number of benzene rings is 1. The lowest BCUT2D eigenvalue weighted by molar-refractivity contribution is -0.131. The Morgan fingerprint density at radius 1 is 1.28 bits per heavy atom. The fourth-order valence-corrected chi connectivity index (χ4v) is 2.03. The Morgan fingerprint density at radius 2 is 1.94 bits per heavy atom. The van der Waals surface area contributed by atoms with Gasteiger partial charge >= 0.3 is 5.97 Å². The zero-order valence-electron chi connectivity index (χ0n) is 10.2. The number of ketones is 1. The van der Waals surface area contributed by atoms with Crippen LogP contribution in [0, 0.1) is 6.92 Å². The lowest BCUT2D eigenvalue weighted by Crippen LogP contribution is -2.37. The molecule has 5 nitrogen and oxygen atoms in total. The minimum absolute atomic E-state index is 0.254. The van der Waals surface area contributed by atoms with Gasteiger partial charge in [-0.3, -0.25) is 4.79 Å². The van der Waals surface area contributed by atoms with Crippen molar-refractivity contribution in [3.05, 3.63) is 29.3 Å². The van der Waals surface area contributed by atoms with E-state index < -0.39 is 11.8 Å². The van der Waals surface area contributed by atoms with Crippen molar-refractivity contribution < 1.29 is 19.4 Å². The van der Waals surface area contributed by atoms with E-state index in [1.54, 1.807) is 12.1 Å². The van der Waals surface area contributed by atoms with Gasteiger partial charge in [-0.05, 0) is 19.1 Å². The zero-order chi connectivity index (χ0) is 13.1. The molecule has 18 heavy (non-hydrogen) atoms. The number of rotatable bonds is 3. The zero-order valence-corrected chi connectivity index (χ0v) is 10.2. The lowest BCUT2D eigenvalue weighted by Gasteiger charge is -2.30. The van der Waals surface area contributed by atoms with Crippen molar-refractivity contribution in [1.29, 1.82) is 0 Å². The Hall–Kier alpha value is -1.88. The molecule has 0 aliphatic carbocycles. The Bertz CT molecular complexity index is 478. The second-order valence-electron chi connectivity index (χ2n) is 4.25. The quantitative estimate of drug-likeness (QED) is 0.641. The first-order valence-electron chi connectivity index (χ1n) is 5.80. The Labute approximate surface area is 105 Å². The molecule has 5 heteroatoms. The van der Waals surface area contributed by atoms with Crippen molar-refractivity contribution in [2.24, 2.45) is 0 Å². The highest BCUT2D eigenvalue weighted by Crippen LogP contribution is 2.23. The normalized spacial score (nSPS) is 15.5. The smallest absolute Gasteiger partial charge is 0.377 e. The average molecular weight is 249 g/mol. The molecule has 1 aromatic carbocycles. The van der Waals surface area contributed by atoms with Crippen LogP contribution in [0.2, 0.25) is 0 Å². The van der Waals surface area contributed by atoms with Gasteiger partial charge in [0.1, 0.15) is 0 Å². The van der Waals surface area contributed by atoms with Crippen molar-refractivity contribution in [2.45, 2.75) is 6.92 Å². The molecule has 0 aromatic heterocycles. The molecule has 0 saturated carbocycles. The van der Waals surface area contributed by atoms with Crippen LogP contribution in [0.1, 0.15) is 15.9 Å². The second kappa shape index (κ2) is 5.18. The summed E-state index contributed by atoms with van der Waals surface area (Å²) in [6, 6.07) is 5.31. The number of ether oxygens (including phenoxy) is 1. The Balaban J connectivity index is 2.39. The van der Waals surface area contributed by atoms with E-state index in [9.17, 15) is 9.59 Å². The molecule has 0 amide bonds. The van der Waals surface area contributed by atoms with Crippen LogP contribution in [0.3, 0.4) is 0 Å². The van der Waals surface area contributed by atoms with Gasteiger partial charge in [-0.15, -0.1) is 0 Å². The summed E-state index contributed by atoms with van der Waals surface area (Å²) >= 11 is 0. The molecule has 1 heterocycles. The van der Waals surface area contributed by atoms with Gasteiger partial charge in [0, 0.05) is 18.8 Å². The van der Waals surface area contributed by atoms with Crippen molar-refractivity contribution >= 4 is 17.4 Å². The molecular weight excluding hydrogens is 234 g/mol. The number of hydrogen-bond donors (Lipinski definition) is 1. The summed E-state index contributed by atoms with van der Waals surface area (Å²) in [6.07, 6.45) is 0. The number of carbonyl (C=O) groups is 2. The van der Waals surface area contributed by atoms with Gasteiger partial charge in [-0.25, -0.2) is 4.79 Å². The number of morpholine rings is 1. The molecule has 1 fully saturated rings. The first kappa shape index (κ1) is 12.6. The summed E-state index contributed by atoms with van der Waals surface area (Å²) in [7, 11) is 0. The van der Waals surface area contributed by atoms with Gasteiger partial charge in [-0.1, -0.05) is 11.6 Å². The molecule has 0 bridgehead atoms. The molecular formula is C13H15NO4. The van der Waals surface area contributed by atoms with Gasteiger partial charge in [0.15, 0.2) is 0 Å². The average Bonchev–Trinajstić information content (AvgIpc) is 2.38. The highest BCUT2D eigenvalue weighted by molar-refractivity contribution is 6.41. The van der Waals surface area contributed by atoms with Gasteiger partial charge in [0.05, 0.1) is 18.8 Å². The maximum Gasteiger partial charge on any atom is 0.377 e. The van der Waals surface area contributed by atoms with E-state index in [-0.39, 0.29) is 5.56 Å². The number of nitrogens with zero attached hydrogens (tertiary/aromatic N) is 1. The first-order chi connectivity index (χ1) is 8.59. The van der Waals surface area contributed by atoms with Crippen molar-refractivity contribution in [3.8, 4) is 0 Å². The number of carboxylic acid groups (broad SMARTS) is 1. The van der Waals surface area contributed by atoms with E-state index in [2.05, 4.69) is 0 Å². The number of anilines is 1. The monoisotopic (exact) mass is 249 g/mol. The van der Waals surface area contributed by atoms with E-state index in [1.165, 1.54) is 0 Å². The molecule has 1 saturated heterocycles. The maximum atomic E-state index is 11.7. The molecule has 1 aromatic rings. The van der Waals surface area contributed by atoms with Gasteiger partial charge in [0.2, 0.25) is 0 Å². The molecule has 0 unspecified atom stereocenters. The third-order valence-electron chi connectivity index (χ3n) is 2.94. The van der Waals surface area contributed by atoms with E-state index in [4.69, 9.17) is 9.84 Å². The first-order valence-corrected chi connectivity index (χ1v) is 5.80. The third kappa shape index (κ3) is 2.51. The minimum Gasteiger partial charge on any atom is -0.475 e. The van der Waals surface area contributed by atoms with E-state index in [0.29, 0.717) is 32.0 Å². The Morgan fingerprint density at radius 3 is 2.56 bits per heavy atom. The molecule has 0 atom stereocenters. The topological polar surface area (TPSA) is 66.8 Å². The molecule has 1 aliphatic rings. The predicted molar refractivity (Wildman–Crippen MR) is 66.2 cm³/mol. The van der Waals surface area contributed by atoms with Crippen molar-refractivity contribution in [3.63, 3.8) is 0 Å². The highest BCUT2D eigenvalue weighted by Gasteiger charge is 2.22. The summed E-state index contributed by atoms with van der Waals surface area (Å²) < 4.78 is 5.25. The van der Waals surface area contributed by atoms with Crippen LogP contribution in [0.15, 0.2) is 18.2 Å². The molecule has 0 radical (unpaired) electrons. The lowest BCUT2D eigenvalue weighted by atomic mass is 10.0. The second-order valence-corrected chi connectivity index (χ2v) is 4.25. The number of carboxylic acids is 1. The van der Waals surface area contributed by atoms with Crippen LogP contribution in [-0.2, 0) is 9.53 Å². The van der Waals surface area contributed by atoms with Crippen LogP contribution in [0.25, 0.3) is 0 Å². The van der Waals surface area contributed by atoms with Crippen molar-refractivity contribution in [1.82, 2.24) is 0 Å². The molecule has 0 spiro atoms. The van der Waals surface area contributed by atoms with Crippen LogP contribution >= 0.6 is 0 Å². The number of hydrogen-bond acceptors (Lipinski definition) is 4. The van der Waals surface area contributed by atoms with E-state index in [0.717, 1.165) is 5.56 Å². The number of aliphatic carboxylic acids is 1. The fourth-order valence-electron chi connectivity index (χ4n) is 2.03. The predicted octanol–water partition coefficient (Wildman–Crippen LogP) is 1.10. The van der Waals surface area contributed by atoms with Crippen LogP contribution in [0.5, 0.6) is 0 Å². The largest absolute Gasteiger partial charge is 0.475 e. The molecule has 2 rings (SSSR count). The summed E-state index contributed by atoms with van der Waals surface area (Å²) in [5.41, 5.74) is 1.80. The Kier molecular flexibility index (Phi) is 3.62. The number of Topliss-reactive ketones (excluding diaryl/α,β-unsaturated/α-hetero) is 1. The number of aryl methyl sites for hydroxylation is 1. The van der Waals surface area contributed by atoms with Crippen LogP contribution < -0.4 is 4.90 Å². The van der Waals surface area contributed by atoms with Gasteiger partial charge in [0.25, 0.3) is 5.78 Å². The highest BCUT2D eigenvalue weighted by atomic mass is 16.5. The standard InChI is InChI=1S/C13H15NO4/c1-9-2-3-11(14-4-6-18-7-5-14)10(8-9)12(15)13(16)17/h2-3,8H,4-7H2,1H3,(H,16,17). The SMILES string of the molecule is Cc1ccc(N2CCOCC2)c(C(=O)C(=O)O)c1. The molecule has 1 N–H and O–H groups in total. The summed E-state index contributed by atoms with van der Waals surface area (Å²) in [4.78, 5) is 24.5. The van der Waals surface area contributed by atoms with Crippen molar-refractivity contribution in [2.75, 3.05) is 31.2 Å². The molecule has 1 aliphatic heterocycles. The summed E-state index contributed by atoms with van der Waals surface area (Å²) in [5, 5.41) is 8.86. The third-order valence-corrected chi connectivity index (χ3v) is 2.94. The van der Waals surface area contributed by atoms with Crippen LogP contribution in [0.4, 0.5) is 5.69 Å². The summed E-state index contributed by atoms with van der Waals surface area (Å²) in [5.74, 6) is -2.28. The number of carbonyl (C=O) groups excluding carboxylic acids is 1.